The lowest BCUT2D eigenvalue weighted by atomic mass is 10.2. The number of amides is 1. The summed E-state index contributed by atoms with van der Waals surface area (Å²) >= 11 is 0. The van der Waals surface area contributed by atoms with Gasteiger partial charge in [0.15, 0.2) is 11.4 Å². The van der Waals surface area contributed by atoms with Crippen LogP contribution in [-0.2, 0) is 11.8 Å². The average molecular weight is 270 g/mol. The van der Waals surface area contributed by atoms with Crippen molar-refractivity contribution in [1.82, 2.24) is 4.57 Å². The number of carbonyl (C=O) groups is 2. The van der Waals surface area contributed by atoms with E-state index >= 15 is 0 Å². The van der Waals surface area contributed by atoms with Crippen molar-refractivity contribution >= 4 is 17.7 Å². The molecule has 7 heteroatoms. The molecule has 0 radical (unpaired) electrons. The molecule has 0 saturated carbocycles. The quantitative estimate of drug-likeness (QED) is 0.877. The van der Waals surface area contributed by atoms with Gasteiger partial charge < -0.3 is 19.1 Å². The molecule has 0 aliphatic rings. The van der Waals surface area contributed by atoms with Gasteiger partial charge >= 0.3 is 12.1 Å². The fourth-order valence-electron chi connectivity index (χ4n) is 1.56. The number of hydrogen-bond donors (Lipinski definition) is 2. The first-order valence-electron chi connectivity index (χ1n) is 5.62. The molecular formula is C12H18N2O5. The Morgan fingerprint density at radius 3 is 2.37 bits per heavy atom. The summed E-state index contributed by atoms with van der Waals surface area (Å²) in [5.74, 6) is -1.06. The molecule has 0 unspecified atom stereocenters. The van der Waals surface area contributed by atoms with E-state index in [0.29, 0.717) is 0 Å². The fourth-order valence-corrected chi connectivity index (χ4v) is 1.56. The highest BCUT2D eigenvalue weighted by atomic mass is 16.6. The molecule has 106 valence electrons. The van der Waals surface area contributed by atoms with Gasteiger partial charge in [-0.3, -0.25) is 5.32 Å². The number of methoxy groups -OCH3 is 1. The standard InChI is InChI=1S/C12H18N2O5/c1-12(2,3)19-11(17)13-7-6-14(4)8(10(15)16)9(7)18-5/h6H,1-5H3,(H,13,17)(H,15,16). The third kappa shape index (κ3) is 3.64. The van der Waals surface area contributed by atoms with Gasteiger partial charge in [0.1, 0.15) is 11.3 Å². The number of aromatic carboxylic acids is 1. The van der Waals surface area contributed by atoms with Gasteiger partial charge in [-0.05, 0) is 20.8 Å². The molecule has 0 fully saturated rings. The van der Waals surface area contributed by atoms with Crippen molar-refractivity contribution in [2.75, 3.05) is 12.4 Å². The van der Waals surface area contributed by atoms with E-state index in [-0.39, 0.29) is 17.1 Å². The fraction of sp³-hybridized carbons (Fsp3) is 0.500. The first-order chi connectivity index (χ1) is 8.65. The molecule has 0 aliphatic heterocycles. The van der Waals surface area contributed by atoms with Crippen molar-refractivity contribution in [2.24, 2.45) is 7.05 Å². The maximum Gasteiger partial charge on any atom is 0.412 e. The highest BCUT2D eigenvalue weighted by Crippen LogP contribution is 2.31. The number of carboxylic acids is 1. The first-order valence-corrected chi connectivity index (χ1v) is 5.62. The first kappa shape index (κ1) is 14.9. The predicted octanol–water partition coefficient (Wildman–Crippen LogP) is 2.08. The smallest absolute Gasteiger partial charge is 0.412 e. The molecule has 0 atom stereocenters. The third-order valence-electron chi connectivity index (χ3n) is 2.18. The van der Waals surface area contributed by atoms with Gasteiger partial charge in [-0.1, -0.05) is 0 Å². The SMILES string of the molecule is COc1c(NC(=O)OC(C)(C)C)cn(C)c1C(=O)O. The lowest BCUT2D eigenvalue weighted by Crippen LogP contribution is -2.27. The Morgan fingerprint density at radius 2 is 1.95 bits per heavy atom. The van der Waals surface area contributed by atoms with Gasteiger partial charge in [0, 0.05) is 13.2 Å². The van der Waals surface area contributed by atoms with Crippen molar-refractivity contribution in [1.29, 1.82) is 0 Å². The topological polar surface area (TPSA) is 89.8 Å². The number of anilines is 1. The molecule has 2 N–H and O–H groups in total. The number of hydrogen-bond acceptors (Lipinski definition) is 4. The summed E-state index contributed by atoms with van der Waals surface area (Å²) in [5, 5.41) is 11.5. The van der Waals surface area contributed by atoms with Gasteiger partial charge in [-0.15, -0.1) is 0 Å². The molecule has 7 nitrogen and oxygen atoms in total. The summed E-state index contributed by atoms with van der Waals surface area (Å²) in [4.78, 5) is 22.7. The van der Waals surface area contributed by atoms with Crippen LogP contribution in [0.15, 0.2) is 6.20 Å². The van der Waals surface area contributed by atoms with Crippen LogP contribution in [0.5, 0.6) is 5.75 Å². The van der Waals surface area contributed by atoms with Crippen LogP contribution >= 0.6 is 0 Å². The van der Waals surface area contributed by atoms with Gasteiger partial charge in [0.05, 0.1) is 7.11 Å². The maximum absolute atomic E-state index is 11.6. The van der Waals surface area contributed by atoms with Crippen molar-refractivity contribution in [3.8, 4) is 5.75 Å². The van der Waals surface area contributed by atoms with E-state index in [4.69, 9.17) is 14.6 Å². The molecule has 0 aliphatic carbocycles. The number of rotatable bonds is 3. The van der Waals surface area contributed by atoms with Crippen molar-refractivity contribution < 1.29 is 24.2 Å². The predicted molar refractivity (Wildman–Crippen MR) is 68.8 cm³/mol. The van der Waals surface area contributed by atoms with E-state index in [1.165, 1.54) is 17.9 Å². The van der Waals surface area contributed by atoms with Crippen molar-refractivity contribution in [2.45, 2.75) is 26.4 Å². The van der Waals surface area contributed by atoms with E-state index in [0.717, 1.165) is 0 Å². The average Bonchev–Trinajstić information content (AvgIpc) is 2.50. The van der Waals surface area contributed by atoms with Crippen LogP contribution in [0.4, 0.5) is 10.5 Å². The van der Waals surface area contributed by atoms with Crippen molar-refractivity contribution in [3.05, 3.63) is 11.9 Å². The highest BCUT2D eigenvalue weighted by molar-refractivity contribution is 5.95. The molecule has 1 aromatic rings. The van der Waals surface area contributed by atoms with E-state index in [1.807, 2.05) is 0 Å². The van der Waals surface area contributed by atoms with Crippen LogP contribution in [0.25, 0.3) is 0 Å². The van der Waals surface area contributed by atoms with Crippen LogP contribution in [0.1, 0.15) is 31.3 Å². The Labute approximate surface area is 111 Å². The second-order valence-corrected chi connectivity index (χ2v) is 4.97. The number of carbonyl (C=O) groups excluding carboxylic acids is 1. The molecule has 0 bridgehead atoms. The molecule has 1 amide bonds. The van der Waals surface area contributed by atoms with E-state index in [9.17, 15) is 9.59 Å². The number of nitrogens with one attached hydrogen (secondary N) is 1. The molecule has 1 rings (SSSR count). The molecule has 1 aromatic heterocycles. The van der Waals surface area contributed by atoms with Crippen LogP contribution in [-0.4, -0.2) is 34.4 Å². The summed E-state index contributed by atoms with van der Waals surface area (Å²) in [6.07, 6.45) is 0.778. The van der Waals surface area contributed by atoms with Crippen LogP contribution < -0.4 is 10.1 Å². The summed E-state index contributed by atoms with van der Waals surface area (Å²) in [6.45, 7) is 5.20. The largest absolute Gasteiger partial charge is 0.492 e. The van der Waals surface area contributed by atoms with Crippen LogP contribution in [0.3, 0.4) is 0 Å². The van der Waals surface area contributed by atoms with Gasteiger partial charge in [-0.2, -0.15) is 0 Å². The molecular weight excluding hydrogens is 252 g/mol. The third-order valence-corrected chi connectivity index (χ3v) is 2.18. The minimum absolute atomic E-state index is 0.0476. The number of aryl methyl sites for hydroxylation is 1. The minimum atomic E-state index is -1.14. The number of nitrogens with zero attached hydrogens (tertiary/aromatic N) is 1. The summed E-state index contributed by atoms with van der Waals surface area (Å²) in [5.41, 5.74) is -0.438. The molecule has 0 spiro atoms. The van der Waals surface area contributed by atoms with Crippen LogP contribution in [0.2, 0.25) is 0 Å². The highest BCUT2D eigenvalue weighted by Gasteiger charge is 2.23. The normalized spacial score (nSPS) is 11.0. The van der Waals surface area contributed by atoms with Gasteiger partial charge in [-0.25, -0.2) is 9.59 Å². The van der Waals surface area contributed by atoms with Crippen molar-refractivity contribution in [3.63, 3.8) is 0 Å². The van der Waals surface area contributed by atoms with E-state index in [1.54, 1.807) is 27.8 Å². The second-order valence-electron chi connectivity index (χ2n) is 4.97. The van der Waals surface area contributed by atoms with E-state index < -0.39 is 17.7 Å². The van der Waals surface area contributed by atoms with Gasteiger partial charge in [0.25, 0.3) is 0 Å². The Balaban J connectivity index is 3.00. The van der Waals surface area contributed by atoms with Gasteiger partial charge in [0.2, 0.25) is 0 Å². The zero-order valence-electron chi connectivity index (χ0n) is 11.6. The zero-order valence-corrected chi connectivity index (χ0v) is 11.6. The Kier molecular flexibility index (Phi) is 4.08. The van der Waals surface area contributed by atoms with Crippen LogP contribution in [0, 0.1) is 0 Å². The molecule has 1 heterocycles. The Morgan fingerprint density at radius 1 is 1.37 bits per heavy atom. The summed E-state index contributed by atoms with van der Waals surface area (Å²) < 4.78 is 11.5. The lowest BCUT2D eigenvalue weighted by molar-refractivity contribution is 0.0631. The number of carboxylic acid groups (broad SMARTS) is 1. The summed E-state index contributed by atoms with van der Waals surface area (Å²) in [7, 11) is 2.88. The second kappa shape index (κ2) is 5.21. The molecule has 19 heavy (non-hydrogen) atoms. The Hall–Kier alpha value is -2.18. The molecule has 0 aromatic carbocycles. The molecule has 0 saturated heterocycles. The van der Waals surface area contributed by atoms with E-state index in [2.05, 4.69) is 5.32 Å². The summed E-state index contributed by atoms with van der Waals surface area (Å²) in [6, 6.07) is 0. The Bertz CT molecular complexity index is 499. The lowest BCUT2D eigenvalue weighted by Gasteiger charge is -2.19. The monoisotopic (exact) mass is 270 g/mol. The zero-order chi connectivity index (χ0) is 14.8. The maximum atomic E-state index is 11.6. The minimum Gasteiger partial charge on any atom is -0.492 e. The number of aromatic nitrogens is 1. The number of ether oxygens (including phenoxy) is 2.